The highest BCUT2D eigenvalue weighted by Gasteiger charge is 2.28. The monoisotopic (exact) mass is 500 g/mol. The molecule has 0 saturated carbocycles. The summed E-state index contributed by atoms with van der Waals surface area (Å²) in [6, 6.07) is 16.7. The van der Waals surface area contributed by atoms with Gasteiger partial charge >= 0.3 is 0 Å². The van der Waals surface area contributed by atoms with Gasteiger partial charge in [-0.1, -0.05) is 18.2 Å². The predicted molar refractivity (Wildman–Crippen MR) is 145 cm³/mol. The third-order valence-corrected chi connectivity index (χ3v) is 7.01. The number of benzene rings is 3. The molecule has 0 bridgehead atoms. The van der Waals surface area contributed by atoms with E-state index in [1.165, 1.54) is 25.9 Å². The van der Waals surface area contributed by atoms with Crippen molar-refractivity contribution in [1.82, 2.24) is 10.2 Å². The quantitative estimate of drug-likeness (QED) is 0.404. The molecule has 3 N–H and O–H groups in total. The summed E-state index contributed by atoms with van der Waals surface area (Å²) in [7, 11) is 3.18. The normalized spacial score (nSPS) is 14.7. The third-order valence-electron chi connectivity index (χ3n) is 7.01. The van der Waals surface area contributed by atoms with Crippen LogP contribution in [0.15, 0.2) is 54.6 Å². The number of hydrogen-bond donors (Lipinski definition) is 3. The largest absolute Gasteiger partial charge is 0.493 e. The molecule has 0 aliphatic carbocycles. The van der Waals surface area contributed by atoms with Crippen molar-refractivity contribution in [2.24, 2.45) is 0 Å². The Morgan fingerprint density at radius 2 is 1.76 bits per heavy atom. The van der Waals surface area contributed by atoms with Crippen LogP contribution in [0.2, 0.25) is 0 Å². The smallest absolute Gasteiger partial charge is 0.255 e. The number of nitrogens with zero attached hydrogens (tertiary/aromatic N) is 1. The van der Waals surface area contributed by atoms with E-state index in [0.717, 1.165) is 35.5 Å². The number of hydrogen-bond acceptors (Lipinski definition) is 6. The van der Waals surface area contributed by atoms with Crippen molar-refractivity contribution in [3.05, 3.63) is 71.3 Å². The zero-order valence-electron chi connectivity index (χ0n) is 21.2. The highest BCUT2D eigenvalue weighted by molar-refractivity contribution is 6.11. The second-order valence-electron chi connectivity index (χ2n) is 9.24. The van der Waals surface area contributed by atoms with Gasteiger partial charge < -0.3 is 30.3 Å². The minimum absolute atomic E-state index is 0.216. The van der Waals surface area contributed by atoms with Gasteiger partial charge in [0.25, 0.3) is 11.8 Å². The summed E-state index contributed by atoms with van der Waals surface area (Å²) in [6.45, 7) is 4.61. The van der Waals surface area contributed by atoms with Crippen molar-refractivity contribution in [1.29, 1.82) is 0 Å². The molecular weight excluding hydrogens is 468 g/mol. The molecule has 0 atom stereocenters. The van der Waals surface area contributed by atoms with E-state index < -0.39 is 0 Å². The molecular formula is C29H32N4O4. The molecule has 0 unspecified atom stereocenters. The molecule has 5 rings (SSSR count). The molecule has 1 saturated heterocycles. The number of carbonyl (C=O) groups is 2. The Labute approximate surface area is 217 Å². The molecule has 8 nitrogen and oxygen atoms in total. The second kappa shape index (κ2) is 10.9. The highest BCUT2D eigenvalue weighted by atomic mass is 16.5. The molecule has 2 amide bonds. The highest BCUT2D eigenvalue weighted by Crippen LogP contribution is 2.42. The molecule has 2 aliphatic heterocycles. The number of carbonyl (C=O) groups excluding carboxylic acids is 2. The number of rotatable bonds is 9. The number of amides is 2. The summed E-state index contributed by atoms with van der Waals surface area (Å²) in [6.07, 6.45) is 2.57. The van der Waals surface area contributed by atoms with Crippen LogP contribution >= 0.6 is 0 Å². The number of ether oxygens (including phenoxy) is 2. The Hall–Kier alpha value is -4.04. The minimum atomic E-state index is -0.266. The average molecular weight is 501 g/mol. The van der Waals surface area contributed by atoms with E-state index >= 15 is 0 Å². The first-order chi connectivity index (χ1) is 18.1. The van der Waals surface area contributed by atoms with Gasteiger partial charge in [0.2, 0.25) is 0 Å². The Kier molecular flexibility index (Phi) is 7.28. The van der Waals surface area contributed by atoms with Crippen LogP contribution < -0.4 is 25.4 Å². The Morgan fingerprint density at radius 3 is 2.49 bits per heavy atom. The Bertz CT molecular complexity index is 1300. The lowest BCUT2D eigenvalue weighted by atomic mass is 9.94. The topological polar surface area (TPSA) is 91.9 Å². The minimum Gasteiger partial charge on any atom is -0.493 e. The lowest BCUT2D eigenvalue weighted by molar-refractivity contribution is 0.0966. The fourth-order valence-corrected chi connectivity index (χ4v) is 5.10. The van der Waals surface area contributed by atoms with Gasteiger partial charge in [-0.05, 0) is 73.5 Å². The van der Waals surface area contributed by atoms with Crippen molar-refractivity contribution in [2.45, 2.75) is 19.4 Å². The standard InChI is InChI=1S/C29H32N4O4/c1-36-25-7-5-6-22(27(25)37-2)21-12-13-24(26-23(21)18-31-29(26)35)32-28(34)19-8-10-20(11-9-19)30-14-17-33-15-3-4-16-33/h5-13,30H,3-4,14-18H2,1-2H3,(H,31,35)(H,32,34). The van der Waals surface area contributed by atoms with Crippen molar-refractivity contribution in [2.75, 3.05) is 51.0 Å². The van der Waals surface area contributed by atoms with Gasteiger partial charge in [-0.25, -0.2) is 0 Å². The first-order valence-corrected chi connectivity index (χ1v) is 12.6. The van der Waals surface area contributed by atoms with E-state index in [1.54, 1.807) is 32.4 Å². The van der Waals surface area contributed by atoms with E-state index in [0.29, 0.717) is 34.9 Å². The molecule has 1 fully saturated rings. The van der Waals surface area contributed by atoms with Gasteiger partial charge in [-0.2, -0.15) is 0 Å². The van der Waals surface area contributed by atoms with Gasteiger partial charge in [-0.3, -0.25) is 9.59 Å². The summed E-state index contributed by atoms with van der Waals surface area (Å²) in [4.78, 5) is 28.3. The van der Waals surface area contributed by atoms with Gasteiger partial charge in [0.1, 0.15) is 0 Å². The zero-order chi connectivity index (χ0) is 25.8. The van der Waals surface area contributed by atoms with Crippen molar-refractivity contribution >= 4 is 23.2 Å². The van der Waals surface area contributed by atoms with Crippen LogP contribution in [0, 0.1) is 0 Å². The number of anilines is 2. The van der Waals surface area contributed by atoms with Gasteiger partial charge in [0.05, 0.1) is 25.5 Å². The molecule has 2 heterocycles. The average Bonchev–Trinajstić information content (AvgIpc) is 3.59. The van der Waals surface area contributed by atoms with Crippen LogP contribution in [0.1, 0.15) is 39.1 Å². The maximum Gasteiger partial charge on any atom is 0.255 e. The molecule has 0 aromatic heterocycles. The van der Waals surface area contributed by atoms with Crippen LogP contribution in [0.25, 0.3) is 11.1 Å². The fraction of sp³-hybridized carbons (Fsp3) is 0.310. The lowest BCUT2D eigenvalue weighted by Gasteiger charge is -2.17. The van der Waals surface area contributed by atoms with E-state index in [2.05, 4.69) is 20.9 Å². The number of fused-ring (bicyclic) bond motifs is 1. The molecule has 3 aromatic carbocycles. The zero-order valence-corrected chi connectivity index (χ0v) is 21.2. The van der Waals surface area contributed by atoms with E-state index in [9.17, 15) is 9.59 Å². The molecule has 192 valence electrons. The lowest BCUT2D eigenvalue weighted by Crippen LogP contribution is -2.25. The summed E-state index contributed by atoms with van der Waals surface area (Å²) in [5, 5.41) is 9.24. The maximum atomic E-state index is 13.1. The number of methoxy groups -OCH3 is 2. The number of nitrogens with one attached hydrogen (secondary N) is 3. The Balaban J connectivity index is 1.33. The van der Waals surface area contributed by atoms with Gasteiger partial charge in [-0.15, -0.1) is 0 Å². The van der Waals surface area contributed by atoms with Crippen LogP contribution in [0.3, 0.4) is 0 Å². The number of para-hydroxylation sites is 1. The van der Waals surface area contributed by atoms with E-state index in [1.807, 2.05) is 36.4 Å². The summed E-state index contributed by atoms with van der Waals surface area (Å²) < 4.78 is 11.1. The molecule has 2 aliphatic rings. The summed E-state index contributed by atoms with van der Waals surface area (Å²) >= 11 is 0. The number of likely N-dealkylation sites (tertiary alicyclic amines) is 1. The third kappa shape index (κ3) is 5.11. The fourth-order valence-electron chi connectivity index (χ4n) is 5.10. The summed E-state index contributed by atoms with van der Waals surface area (Å²) in [5.74, 6) is 0.721. The van der Waals surface area contributed by atoms with Crippen LogP contribution in [-0.4, -0.2) is 57.1 Å². The first-order valence-electron chi connectivity index (χ1n) is 12.6. The molecule has 3 aromatic rings. The van der Waals surface area contributed by atoms with Crippen molar-refractivity contribution in [3.8, 4) is 22.6 Å². The van der Waals surface area contributed by atoms with E-state index in [4.69, 9.17) is 9.47 Å². The molecule has 0 spiro atoms. The van der Waals surface area contributed by atoms with E-state index in [-0.39, 0.29) is 11.8 Å². The van der Waals surface area contributed by atoms with Gasteiger partial charge in [0, 0.05) is 36.4 Å². The predicted octanol–water partition coefficient (Wildman–Crippen LogP) is 4.37. The summed E-state index contributed by atoms with van der Waals surface area (Å²) in [5.41, 5.74) is 4.94. The SMILES string of the molecule is COc1cccc(-c2ccc(NC(=O)c3ccc(NCCN4CCCC4)cc3)c3c2CNC3=O)c1OC. The van der Waals surface area contributed by atoms with Crippen molar-refractivity contribution in [3.63, 3.8) is 0 Å². The van der Waals surface area contributed by atoms with Crippen LogP contribution in [-0.2, 0) is 6.54 Å². The van der Waals surface area contributed by atoms with Gasteiger partial charge in [0.15, 0.2) is 11.5 Å². The molecule has 0 radical (unpaired) electrons. The maximum absolute atomic E-state index is 13.1. The second-order valence-corrected chi connectivity index (χ2v) is 9.24. The molecule has 37 heavy (non-hydrogen) atoms. The Morgan fingerprint density at radius 1 is 0.973 bits per heavy atom. The van der Waals surface area contributed by atoms with Crippen LogP contribution in [0.5, 0.6) is 11.5 Å². The molecule has 8 heteroatoms. The van der Waals surface area contributed by atoms with Crippen LogP contribution in [0.4, 0.5) is 11.4 Å². The first kappa shape index (κ1) is 24.6. The van der Waals surface area contributed by atoms with Crippen molar-refractivity contribution < 1.29 is 19.1 Å².